The number of hydrogen-bond acceptors (Lipinski definition) is 4. The molecule has 0 unspecified atom stereocenters. The van der Waals surface area contributed by atoms with Crippen molar-refractivity contribution in [2.45, 2.75) is 6.42 Å². The van der Waals surface area contributed by atoms with Gasteiger partial charge < -0.3 is 4.90 Å². The molecule has 0 radical (unpaired) electrons. The minimum atomic E-state index is 0.505. The summed E-state index contributed by atoms with van der Waals surface area (Å²) in [6, 6.07) is 5.76. The molecule has 0 amide bonds. The average Bonchev–Trinajstić information content (AvgIpc) is 2.62. The number of nitrogens with zero attached hydrogens (tertiary/aromatic N) is 2. The molecule has 0 saturated carbocycles. The summed E-state index contributed by atoms with van der Waals surface area (Å²) in [7, 11) is 1.91. The molecule has 3 nitrogen and oxygen atoms in total. The maximum absolute atomic E-state index is 10.4. The lowest BCUT2D eigenvalue weighted by molar-refractivity contribution is 0.112. The number of hydrogen-bond donors (Lipinski definition) is 0. The smallest absolute Gasteiger partial charge is 0.160 e. The third-order valence-electron chi connectivity index (χ3n) is 1.66. The molecule has 0 aliphatic rings. The molecule has 0 N–H and O–H groups in total. The molecule has 0 atom stereocenters. The first-order valence-corrected chi connectivity index (χ1v) is 4.72. The van der Waals surface area contributed by atoms with Gasteiger partial charge in [0.15, 0.2) is 6.29 Å². The van der Waals surface area contributed by atoms with Crippen LogP contribution in [0, 0.1) is 11.3 Å². The van der Waals surface area contributed by atoms with E-state index in [1.54, 1.807) is 6.07 Å². The summed E-state index contributed by atoms with van der Waals surface area (Å²) in [5, 5.41) is 9.41. The van der Waals surface area contributed by atoms with Crippen molar-refractivity contribution in [3.05, 3.63) is 17.0 Å². The van der Waals surface area contributed by atoms with Crippen molar-refractivity contribution in [3.8, 4) is 6.07 Å². The fourth-order valence-electron chi connectivity index (χ4n) is 0.939. The van der Waals surface area contributed by atoms with Gasteiger partial charge in [-0.3, -0.25) is 4.79 Å². The van der Waals surface area contributed by atoms with Crippen molar-refractivity contribution in [1.82, 2.24) is 0 Å². The van der Waals surface area contributed by atoms with Crippen LogP contribution in [0.5, 0.6) is 0 Å². The summed E-state index contributed by atoms with van der Waals surface area (Å²) in [5.41, 5.74) is 0. The molecule has 0 spiro atoms. The van der Waals surface area contributed by atoms with Crippen LogP contribution in [0.1, 0.15) is 16.1 Å². The van der Waals surface area contributed by atoms with Crippen LogP contribution in [0.25, 0.3) is 0 Å². The first kappa shape index (κ1) is 9.75. The Kier molecular flexibility index (Phi) is 3.47. The van der Waals surface area contributed by atoms with Crippen molar-refractivity contribution < 1.29 is 4.79 Å². The van der Waals surface area contributed by atoms with Crippen LogP contribution in [0.4, 0.5) is 5.00 Å². The molecule has 1 aromatic rings. The molecule has 1 aromatic heterocycles. The number of rotatable bonds is 4. The highest BCUT2D eigenvalue weighted by Gasteiger charge is 2.03. The van der Waals surface area contributed by atoms with E-state index < -0.39 is 0 Å². The van der Waals surface area contributed by atoms with Crippen LogP contribution >= 0.6 is 11.3 Å². The third kappa shape index (κ3) is 2.56. The molecule has 1 heterocycles. The largest absolute Gasteiger partial charge is 0.365 e. The van der Waals surface area contributed by atoms with Crippen molar-refractivity contribution in [2.75, 3.05) is 18.5 Å². The molecule has 0 fully saturated rings. The maximum Gasteiger partial charge on any atom is 0.160 e. The van der Waals surface area contributed by atoms with Crippen LogP contribution in [0.2, 0.25) is 0 Å². The highest BCUT2D eigenvalue weighted by Crippen LogP contribution is 2.23. The lowest BCUT2D eigenvalue weighted by Crippen LogP contribution is -2.16. The number of carbonyl (C=O) groups excluding carboxylic acids is 1. The standard InChI is InChI=1S/C9H10N2OS/c1-11(6-2-5-10)9-4-3-8(7-12)13-9/h3-4,7H,2,6H2,1H3. The van der Waals surface area contributed by atoms with Gasteiger partial charge in [-0.05, 0) is 12.1 Å². The Bertz CT molecular complexity index is 327. The van der Waals surface area contributed by atoms with E-state index in [-0.39, 0.29) is 0 Å². The molecule has 1 rings (SSSR count). The number of anilines is 1. The third-order valence-corrected chi connectivity index (χ3v) is 2.79. The Morgan fingerprint density at radius 2 is 2.46 bits per heavy atom. The van der Waals surface area contributed by atoms with E-state index in [2.05, 4.69) is 6.07 Å². The van der Waals surface area contributed by atoms with Gasteiger partial charge in [0.1, 0.15) is 0 Å². The van der Waals surface area contributed by atoms with E-state index in [0.29, 0.717) is 13.0 Å². The Morgan fingerprint density at radius 3 is 3.00 bits per heavy atom. The molecule has 4 heteroatoms. The number of aldehydes is 1. The van der Waals surface area contributed by atoms with E-state index in [4.69, 9.17) is 5.26 Å². The van der Waals surface area contributed by atoms with Crippen LogP contribution in [-0.4, -0.2) is 19.9 Å². The summed E-state index contributed by atoms with van der Waals surface area (Å²) in [5.74, 6) is 0. The van der Waals surface area contributed by atoms with Crippen molar-refractivity contribution in [3.63, 3.8) is 0 Å². The van der Waals surface area contributed by atoms with Gasteiger partial charge in [-0.15, -0.1) is 11.3 Å². The lowest BCUT2D eigenvalue weighted by atomic mass is 10.4. The zero-order chi connectivity index (χ0) is 9.68. The monoisotopic (exact) mass is 194 g/mol. The molecular formula is C9H10N2OS. The molecule has 0 aliphatic carbocycles. The Labute approximate surface area is 81.2 Å². The predicted molar refractivity (Wildman–Crippen MR) is 53.2 cm³/mol. The predicted octanol–water partition coefficient (Wildman–Crippen LogP) is 1.91. The van der Waals surface area contributed by atoms with Gasteiger partial charge in [0.05, 0.1) is 22.4 Å². The highest BCUT2D eigenvalue weighted by atomic mass is 32.1. The molecule has 0 saturated heterocycles. The normalized spacial score (nSPS) is 9.23. The van der Waals surface area contributed by atoms with Gasteiger partial charge in [-0.25, -0.2) is 0 Å². The summed E-state index contributed by atoms with van der Waals surface area (Å²) >= 11 is 1.44. The van der Waals surface area contributed by atoms with Gasteiger partial charge in [0.2, 0.25) is 0 Å². The quantitative estimate of drug-likeness (QED) is 0.688. The fraction of sp³-hybridized carbons (Fsp3) is 0.333. The second kappa shape index (κ2) is 4.63. The van der Waals surface area contributed by atoms with Gasteiger partial charge >= 0.3 is 0 Å². The summed E-state index contributed by atoms with van der Waals surface area (Å²) in [6.45, 7) is 0.704. The molecule has 13 heavy (non-hydrogen) atoms. The van der Waals surface area contributed by atoms with Crippen molar-refractivity contribution in [1.29, 1.82) is 5.26 Å². The maximum atomic E-state index is 10.4. The number of thiophene rings is 1. The van der Waals surface area contributed by atoms with Gasteiger partial charge in [-0.2, -0.15) is 5.26 Å². The second-order valence-corrected chi connectivity index (χ2v) is 3.72. The fourth-order valence-corrected chi connectivity index (χ4v) is 1.75. The van der Waals surface area contributed by atoms with E-state index in [9.17, 15) is 4.79 Å². The Morgan fingerprint density at radius 1 is 1.69 bits per heavy atom. The van der Waals surface area contributed by atoms with Crippen LogP contribution in [0.15, 0.2) is 12.1 Å². The minimum absolute atomic E-state index is 0.505. The van der Waals surface area contributed by atoms with Crippen LogP contribution < -0.4 is 4.90 Å². The van der Waals surface area contributed by atoms with Crippen molar-refractivity contribution in [2.24, 2.45) is 0 Å². The molecule has 68 valence electrons. The SMILES string of the molecule is CN(CCC#N)c1ccc(C=O)s1. The Balaban J connectivity index is 2.61. The Hall–Kier alpha value is -1.34. The number of carbonyl (C=O) groups is 1. The molecule has 0 bridgehead atoms. The first-order valence-electron chi connectivity index (χ1n) is 3.91. The van der Waals surface area contributed by atoms with E-state index in [1.165, 1.54) is 11.3 Å². The summed E-state index contributed by atoms with van der Waals surface area (Å²) in [4.78, 5) is 13.1. The zero-order valence-corrected chi connectivity index (χ0v) is 8.17. The van der Waals surface area contributed by atoms with Gasteiger partial charge in [0.25, 0.3) is 0 Å². The second-order valence-electron chi connectivity index (χ2n) is 2.62. The lowest BCUT2D eigenvalue weighted by Gasteiger charge is -2.14. The minimum Gasteiger partial charge on any atom is -0.365 e. The number of nitriles is 1. The topological polar surface area (TPSA) is 44.1 Å². The summed E-state index contributed by atoms with van der Waals surface area (Å²) < 4.78 is 0. The molecule has 0 aromatic carbocycles. The molecular weight excluding hydrogens is 184 g/mol. The van der Waals surface area contributed by atoms with Gasteiger partial charge in [0, 0.05) is 13.6 Å². The van der Waals surface area contributed by atoms with E-state index >= 15 is 0 Å². The van der Waals surface area contributed by atoms with Crippen molar-refractivity contribution >= 4 is 22.6 Å². The average molecular weight is 194 g/mol. The zero-order valence-electron chi connectivity index (χ0n) is 7.36. The van der Waals surface area contributed by atoms with Crippen LogP contribution in [-0.2, 0) is 0 Å². The highest BCUT2D eigenvalue weighted by molar-refractivity contribution is 7.17. The van der Waals surface area contributed by atoms with Crippen LogP contribution in [0.3, 0.4) is 0 Å². The van der Waals surface area contributed by atoms with Gasteiger partial charge in [-0.1, -0.05) is 0 Å². The summed E-state index contributed by atoms with van der Waals surface area (Å²) in [6.07, 6.45) is 1.34. The molecule has 0 aliphatic heterocycles. The van der Waals surface area contributed by atoms with E-state index in [1.807, 2.05) is 18.0 Å². The van der Waals surface area contributed by atoms with E-state index in [0.717, 1.165) is 16.2 Å². The first-order chi connectivity index (χ1) is 6.27.